The predicted octanol–water partition coefficient (Wildman–Crippen LogP) is 4.88. The number of phenols is 1. The molecule has 0 fully saturated rings. The van der Waals surface area contributed by atoms with Gasteiger partial charge in [0.15, 0.2) is 0 Å². The van der Waals surface area contributed by atoms with E-state index in [1.807, 2.05) is 55.5 Å². The molecule has 0 saturated heterocycles. The van der Waals surface area contributed by atoms with Crippen LogP contribution in [0.3, 0.4) is 0 Å². The van der Waals surface area contributed by atoms with Crippen molar-refractivity contribution in [1.82, 2.24) is 0 Å². The van der Waals surface area contributed by atoms with Gasteiger partial charge < -0.3 is 9.84 Å². The van der Waals surface area contributed by atoms with E-state index in [1.54, 1.807) is 6.92 Å². The number of phenolic OH excluding ortho intramolecular Hbond substituents is 1. The highest BCUT2D eigenvalue weighted by atomic mass is 16.5. The van der Waals surface area contributed by atoms with E-state index in [2.05, 4.69) is 6.58 Å². The lowest BCUT2D eigenvalue weighted by molar-refractivity contribution is -0.143. The van der Waals surface area contributed by atoms with Gasteiger partial charge in [0.25, 0.3) is 0 Å². The molecule has 0 aliphatic rings. The van der Waals surface area contributed by atoms with Gasteiger partial charge in [0.2, 0.25) is 0 Å². The molecule has 0 aliphatic carbocycles. The van der Waals surface area contributed by atoms with E-state index in [1.165, 1.54) is 0 Å². The average Bonchev–Trinajstić information content (AvgIpc) is 2.54. The number of aromatic hydroxyl groups is 1. The number of fused-ring (bicyclic) bond motifs is 2. The third-order valence-electron chi connectivity index (χ3n) is 3.96. The standard InChI is InChI=1S/C20H18O3/c1-12(2)20(22)23-13(3)14-8-9-18-16(10-14)11-15-6-4-5-7-17(15)19(18)21/h4-11,13,21H,1H2,2-3H3. The van der Waals surface area contributed by atoms with Crippen molar-refractivity contribution in [2.75, 3.05) is 0 Å². The molecular weight excluding hydrogens is 288 g/mol. The van der Waals surface area contributed by atoms with Crippen LogP contribution in [0.15, 0.2) is 60.7 Å². The molecule has 0 spiro atoms. The molecule has 23 heavy (non-hydrogen) atoms. The first kappa shape index (κ1) is 15.1. The van der Waals surface area contributed by atoms with Gasteiger partial charge in [-0.05, 0) is 42.3 Å². The Morgan fingerprint density at radius 2 is 1.78 bits per heavy atom. The molecule has 3 heteroatoms. The van der Waals surface area contributed by atoms with Crippen molar-refractivity contribution in [3.63, 3.8) is 0 Å². The quantitative estimate of drug-likeness (QED) is 0.426. The number of ether oxygens (including phenoxy) is 1. The van der Waals surface area contributed by atoms with Crippen LogP contribution < -0.4 is 0 Å². The fraction of sp³-hybridized carbons (Fsp3) is 0.150. The zero-order valence-corrected chi connectivity index (χ0v) is 13.2. The Hall–Kier alpha value is -2.81. The second kappa shape index (κ2) is 5.76. The second-order valence-electron chi connectivity index (χ2n) is 5.75. The lowest BCUT2D eigenvalue weighted by Gasteiger charge is -2.15. The summed E-state index contributed by atoms with van der Waals surface area (Å²) in [6.45, 7) is 7.04. The van der Waals surface area contributed by atoms with E-state index < -0.39 is 5.97 Å². The molecule has 3 rings (SSSR count). The average molecular weight is 306 g/mol. The number of benzene rings is 3. The molecule has 0 amide bonds. The molecule has 0 heterocycles. The van der Waals surface area contributed by atoms with Gasteiger partial charge >= 0.3 is 5.97 Å². The van der Waals surface area contributed by atoms with Crippen LogP contribution in [0.4, 0.5) is 0 Å². The summed E-state index contributed by atoms with van der Waals surface area (Å²) in [5.74, 6) is -0.129. The van der Waals surface area contributed by atoms with Crippen molar-refractivity contribution < 1.29 is 14.6 Å². The van der Waals surface area contributed by atoms with Crippen molar-refractivity contribution in [2.45, 2.75) is 20.0 Å². The van der Waals surface area contributed by atoms with Gasteiger partial charge in [-0.25, -0.2) is 4.79 Å². The van der Waals surface area contributed by atoms with Gasteiger partial charge in [-0.2, -0.15) is 0 Å². The molecule has 0 saturated carbocycles. The third kappa shape index (κ3) is 2.78. The number of carbonyl (C=O) groups is 1. The SMILES string of the molecule is C=C(C)C(=O)OC(C)c1ccc2c(O)c3ccccc3cc2c1. The van der Waals surface area contributed by atoms with E-state index >= 15 is 0 Å². The minimum atomic E-state index is -0.404. The summed E-state index contributed by atoms with van der Waals surface area (Å²) >= 11 is 0. The molecule has 3 aromatic rings. The monoisotopic (exact) mass is 306 g/mol. The van der Waals surface area contributed by atoms with Crippen LogP contribution in [0, 0.1) is 0 Å². The van der Waals surface area contributed by atoms with Crippen LogP contribution in [0.5, 0.6) is 5.75 Å². The van der Waals surface area contributed by atoms with Gasteiger partial charge in [0.05, 0.1) is 0 Å². The third-order valence-corrected chi connectivity index (χ3v) is 3.96. The van der Waals surface area contributed by atoms with E-state index in [0.717, 1.165) is 27.1 Å². The molecule has 3 aromatic carbocycles. The largest absolute Gasteiger partial charge is 0.507 e. The summed E-state index contributed by atoms with van der Waals surface area (Å²) in [7, 11) is 0. The summed E-state index contributed by atoms with van der Waals surface area (Å²) in [4.78, 5) is 11.7. The van der Waals surface area contributed by atoms with Gasteiger partial charge in [-0.1, -0.05) is 43.0 Å². The minimum absolute atomic E-state index is 0.274. The van der Waals surface area contributed by atoms with Crippen LogP contribution >= 0.6 is 0 Å². The molecule has 0 bridgehead atoms. The maximum atomic E-state index is 11.7. The Bertz CT molecular complexity index is 925. The fourth-order valence-electron chi connectivity index (χ4n) is 2.65. The van der Waals surface area contributed by atoms with Crippen LogP contribution in [-0.4, -0.2) is 11.1 Å². The van der Waals surface area contributed by atoms with Crippen molar-refractivity contribution >= 4 is 27.5 Å². The number of hydrogen-bond acceptors (Lipinski definition) is 3. The first-order chi connectivity index (χ1) is 11.0. The molecule has 0 aromatic heterocycles. The van der Waals surface area contributed by atoms with Crippen molar-refractivity contribution in [3.05, 3.63) is 66.2 Å². The highest BCUT2D eigenvalue weighted by Gasteiger charge is 2.14. The Kier molecular flexibility index (Phi) is 3.78. The molecular formula is C20H18O3. The Balaban J connectivity index is 2.06. The Labute approximate surface area is 134 Å². The van der Waals surface area contributed by atoms with Crippen LogP contribution in [0.2, 0.25) is 0 Å². The van der Waals surface area contributed by atoms with E-state index in [-0.39, 0.29) is 11.9 Å². The van der Waals surface area contributed by atoms with Crippen molar-refractivity contribution in [2.24, 2.45) is 0 Å². The normalized spacial score (nSPS) is 12.3. The van der Waals surface area contributed by atoms with E-state index in [4.69, 9.17) is 4.74 Å². The summed E-state index contributed by atoms with van der Waals surface area (Å²) < 4.78 is 5.36. The molecule has 1 atom stereocenters. The van der Waals surface area contributed by atoms with E-state index in [0.29, 0.717) is 5.57 Å². The summed E-state index contributed by atoms with van der Waals surface area (Å²) in [6, 6.07) is 15.4. The highest BCUT2D eigenvalue weighted by Crippen LogP contribution is 2.35. The number of esters is 1. The van der Waals surface area contributed by atoms with Gasteiger partial charge in [-0.3, -0.25) is 0 Å². The first-order valence-corrected chi connectivity index (χ1v) is 7.48. The summed E-state index contributed by atoms with van der Waals surface area (Å²) in [5.41, 5.74) is 1.25. The van der Waals surface area contributed by atoms with Crippen LogP contribution in [-0.2, 0) is 9.53 Å². The maximum absolute atomic E-state index is 11.7. The van der Waals surface area contributed by atoms with Crippen molar-refractivity contribution in [1.29, 1.82) is 0 Å². The second-order valence-corrected chi connectivity index (χ2v) is 5.75. The van der Waals surface area contributed by atoms with Crippen molar-refractivity contribution in [3.8, 4) is 5.75 Å². The van der Waals surface area contributed by atoms with Gasteiger partial charge in [0.1, 0.15) is 11.9 Å². The zero-order chi connectivity index (χ0) is 16.6. The van der Waals surface area contributed by atoms with Gasteiger partial charge in [0, 0.05) is 16.3 Å². The van der Waals surface area contributed by atoms with Crippen LogP contribution in [0.1, 0.15) is 25.5 Å². The Morgan fingerprint density at radius 1 is 1.09 bits per heavy atom. The summed E-state index contributed by atoms with van der Waals surface area (Å²) in [5, 5.41) is 14.0. The maximum Gasteiger partial charge on any atom is 0.333 e. The zero-order valence-electron chi connectivity index (χ0n) is 13.2. The highest BCUT2D eigenvalue weighted by molar-refractivity contribution is 6.05. The molecule has 3 nitrogen and oxygen atoms in total. The number of rotatable bonds is 3. The van der Waals surface area contributed by atoms with Crippen LogP contribution in [0.25, 0.3) is 21.5 Å². The summed E-state index contributed by atoms with van der Waals surface area (Å²) in [6.07, 6.45) is -0.378. The Morgan fingerprint density at radius 3 is 2.52 bits per heavy atom. The fourth-order valence-corrected chi connectivity index (χ4v) is 2.65. The van der Waals surface area contributed by atoms with Gasteiger partial charge in [-0.15, -0.1) is 0 Å². The topological polar surface area (TPSA) is 46.5 Å². The lowest BCUT2D eigenvalue weighted by Crippen LogP contribution is -2.09. The molecule has 116 valence electrons. The number of hydrogen-bond donors (Lipinski definition) is 1. The molecule has 1 unspecified atom stereocenters. The lowest BCUT2D eigenvalue weighted by atomic mass is 9.99. The van der Waals surface area contributed by atoms with E-state index in [9.17, 15) is 9.90 Å². The molecule has 0 radical (unpaired) electrons. The molecule has 1 N–H and O–H groups in total. The predicted molar refractivity (Wildman–Crippen MR) is 92.4 cm³/mol. The smallest absolute Gasteiger partial charge is 0.333 e. The first-order valence-electron chi connectivity index (χ1n) is 7.48. The minimum Gasteiger partial charge on any atom is -0.507 e. The number of carbonyl (C=O) groups excluding carboxylic acids is 1. The molecule has 0 aliphatic heterocycles.